The summed E-state index contributed by atoms with van der Waals surface area (Å²) in [5.41, 5.74) is 0.676. The smallest absolute Gasteiger partial charge is 0.229 e. The molecule has 0 aliphatic carbocycles. The van der Waals surface area contributed by atoms with Gasteiger partial charge in [-0.15, -0.1) is 0 Å². The van der Waals surface area contributed by atoms with Crippen LogP contribution in [0, 0.1) is 0 Å². The summed E-state index contributed by atoms with van der Waals surface area (Å²) in [4.78, 5) is 13.1. The van der Waals surface area contributed by atoms with Crippen molar-refractivity contribution in [1.82, 2.24) is 0 Å². The molecule has 0 spiro atoms. The summed E-state index contributed by atoms with van der Waals surface area (Å²) in [5.74, 6) is 0.0679. The van der Waals surface area contributed by atoms with E-state index < -0.39 is 74.1 Å². The highest BCUT2D eigenvalue weighted by Gasteiger charge is 2.47. The molecule has 3 heterocycles. The van der Waals surface area contributed by atoms with Gasteiger partial charge in [0.1, 0.15) is 71.6 Å². The Morgan fingerprint density at radius 3 is 2.18 bits per heavy atom. The van der Waals surface area contributed by atoms with E-state index in [0.29, 0.717) is 5.56 Å². The van der Waals surface area contributed by atoms with Crippen molar-refractivity contribution in [3.8, 4) is 28.7 Å². The molecule has 0 aromatic heterocycles. The number of aliphatic hydroxyl groups excluding tert-OH is 6. The van der Waals surface area contributed by atoms with Gasteiger partial charge in [0, 0.05) is 12.1 Å². The number of benzene rings is 2. The second kappa shape index (κ2) is 13.0. The van der Waals surface area contributed by atoms with Gasteiger partial charge in [-0.05, 0) is 24.6 Å². The number of fused-ring (bicyclic) bond motifs is 1. The van der Waals surface area contributed by atoms with Crippen molar-refractivity contribution in [2.75, 3.05) is 20.8 Å². The monoisotopic (exact) mass is 624 g/mol. The van der Waals surface area contributed by atoms with Crippen LogP contribution in [0.3, 0.4) is 0 Å². The maximum Gasteiger partial charge on any atom is 0.229 e. The van der Waals surface area contributed by atoms with Gasteiger partial charge in [-0.2, -0.15) is 0 Å². The van der Waals surface area contributed by atoms with Gasteiger partial charge in [-0.1, -0.05) is 6.07 Å². The van der Waals surface area contributed by atoms with Crippen LogP contribution in [0.4, 0.5) is 0 Å². The molecule has 5 rings (SSSR count). The minimum atomic E-state index is -1.74. The molecule has 242 valence electrons. The van der Waals surface area contributed by atoms with Gasteiger partial charge in [-0.25, -0.2) is 0 Å². The molecule has 0 saturated carbocycles. The number of aromatic hydroxyl groups is 1. The van der Waals surface area contributed by atoms with Gasteiger partial charge in [0.05, 0.1) is 33.4 Å². The Morgan fingerprint density at radius 2 is 1.50 bits per heavy atom. The number of phenolic OH excluding ortho intramolecular Hbond substituents is 1. The number of aliphatic hydroxyl groups is 6. The maximum atomic E-state index is 13.1. The lowest BCUT2D eigenvalue weighted by Crippen LogP contribution is -2.61. The lowest BCUT2D eigenvalue weighted by molar-refractivity contribution is -0.318. The van der Waals surface area contributed by atoms with Crippen LogP contribution in [-0.4, -0.2) is 124 Å². The Bertz CT molecular complexity index is 1340. The molecule has 0 bridgehead atoms. The third-order valence-electron chi connectivity index (χ3n) is 7.91. The number of hydrogen-bond donors (Lipinski definition) is 7. The van der Waals surface area contributed by atoms with Crippen molar-refractivity contribution in [3.05, 3.63) is 41.5 Å². The van der Waals surface area contributed by atoms with E-state index in [-0.39, 0.29) is 46.5 Å². The molecule has 0 radical (unpaired) electrons. The summed E-state index contributed by atoms with van der Waals surface area (Å²) in [5, 5.41) is 72.0. The molecule has 2 saturated heterocycles. The Hall–Kier alpha value is -3.25. The first kappa shape index (κ1) is 32.2. The van der Waals surface area contributed by atoms with Crippen molar-refractivity contribution >= 4 is 5.78 Å². The van der Waals surface area contributed by atoms with Gasteiger partial charge in [-0.3, -0.25) is 4.79 Å². The largest absolute Gasteiger partial charge is 0.504 e. The fourth-order valence-corrected chi connectivity index (χ4v) is 5.35. The van der Waals surface area contributed by atoms with Crippen LogP contribution in [0.25, 0.3) is 0 Å². The van der Waals surface area contributed by atoms with Crippen molar-refractivity contribution < 1.29 is 73.7 Å². The fourth-order valence-electron chi connectivity index (χ4n) is 5.35. The van der Waals surface area contributed by atoms with E-state index in [1.165, 1.54) is 39.3 Å². The lowest BCUT2D eigenvalue weighted by atomic mass is 9.95. The van der Waals surface area contributed by atoms with Crippen LogP contribution in [0.5, 0.6) is 28.7 Å². The molecule has 7 N–H and O–H groups in total. The van der Waals surface area contributed by atoms with Gasteiger partial charge in [0.15, 0.2) is 23.6 Å². The number of carbonyl (C=O) groups is 1. The topological polar surface area (TPSA) is 223 Å². The molecule has 0 amide bonds. The zero-order valence-electron chi connectivity index (χ0n) is 24.0. The molecular weight excluding hydrogens is 588 g/mol. The molecule has 44 heavy (non-hydrogen) atoms. The van der Waals surface area contributed by atoms with E-state index in [0.717, 1.165) is 0 Å². The van der Waals surface area contributed by atoms with Crippen LogP contribution in [0.15, 0.2) is 30.3 Å². The van der Waals surface area contributed by atoms with Crippen LogP contribution in [0.1, 0.15) is 35.4 Å². The van der Waals surface area contributed by atoms with Crippen molar-refractivity contribution in [2.45, 2.75) is 80.9 Å². The zero-order valence-corrected chi connectivity index (χ0v) is 24.0. The first-order valence-electron chi connectivity index (χ1n) is 13.9. The van der Waals surface area contributed by atoms with E-state index in [1.54, 1.807) is 12.1 Å². The van der Waals surface area contributed by atoms with Crippen LogP contribution in [0.2, 0.25) is 0 Å². The highest BCUT2D eigenvalue weighted by Crippen LogP contribution is 2.44. The van der Waals surface area contributed by atoms with Crippen molar-refractivity contribution in [1.29, 1.82) is 0 Å². The number of rotatable bonds is 8. The summed E-state index contributed by atoms with van der Waals surface area (Å²) in [6.07, 6.45) is -15.5. The number of methoxy groups -OCH3 is 2. The quantitative estimate of drug-likeness (QED) is 0.190. The molecule has 15 nitrogen and oxygen atoms in total. The predicted molar refractivity (Wildman–Crippen MR) is 146 cm³/mol. The summed E-state index contributed by atoms with van der Waals surface area (Å²) in [7, 11) is 2.76. The lowest BCUT2D eigenvalue weighted by Gasteiger charge is -2.42. The van der Waals surface area contributed by atoms with Gasteiger partial charge >= 0.3 is 0 Å². The molecular formula is C29H36O15. The molecule has 11 atom stereocenters. The zero-order chi connectivity index (χ0) is 31.9. The summed E-state index contributed by atoms with van der Waals surface area (Å²) < 4.78 is 39.0. The number of carbonyl (C=O) groups excluding carboxylic acids is 1. The van der Waals surface area contributed by atoms with Gasteiger partial charge in [0.2, 0.25) is 6.29 Å². The average molecular weight is 625 g/mol. The first-order valence-corrected chi connectivity index (χ1v) is 13.9. The Morgan fingerprint density at radius 1 is 0.818 bits per heavy atom. The minimum Gasteiger partial charge on any atom is -0.504 e. The summed E-state index contributed by atoms with van der Waals surface area (Å²) >= 11 is 0. The van der Waals surface area contributed by atoms with Crippen molar-refractivity contribution in [3.63, 3.8) is 0 Å². The summed E-state index contributed by atoms with van der Waals surface area (Å²) in [6, 6.07) is 7.38. The first-order chi connectivity index (χ1) is 20.9. The molecule has 0 unspecified atom stereocenters. The van der Waals surface area contributed by atoms with E-state index in [2.05, 4.69) is 0 Å². The van der Waals surface area contributed by atoms with Crippen molar-refractivity contribution in [2.24, 2.45) is 0 Å². The van der Waals surface area contributed by atoms with Crippen LogP contribution < -0.4 is 18.9 Å². The number of Topliss-reactive ketones (excluding diaryl/α,β-unsaturated/α-hetero) is 1. The maximum absolute atomic E-state index is 13.1. The second-order valence-electron chi connectivity index (χ2n) is 10.8. The highest BCUT2D eigenvalue weighted by molar-refractivity contribution is 6.02. The van der Waals surface area contributed by atoms with Crippen LogP contribution in [-0.2, 0) is 14.2 Å². The molecule has 2 aromatic rings. The molecule has 15 heteroatoms. The van der Waals surface area contributed by atoms with E-state index in [1.807, 2.05) is 0 Å². The predicted octanol–water partition coefficient (Wildman–Crippen LogP) is -0.854. The standard InChI is InChI=1S/C29H36O15/c1-11-22(32)24(34)26(36)28(41-11)40-10-20-23(33)25(35)27(37)29(44-20)42-13-7-18(39-3)21-15(31)9-17(43-19(21)8-13)12-4-5-16(38-2)14(30)6-12/h4-8,11,17,20,22-30,32-37H,9-10H2,1-3H3/t11-,17-,20+,22-,23-,24+,25-,26+,27+,28+,29+/m0/s1. The fraction of sp³-hybridized carbons (Fsp3) is 0.552. The molecule has 3 aliphatic rings. The third kappa shape index (κ3) is 6.15. The number of hydrogen-bond acceptors (Lipinski definition) is 15. The SMILES string of the molecule is COc1ccc([C@@H]2CC(=O)c3c(OC)cc(O[C@@H]4O[C@H](CO[C@@H]5O[C@@H](C)[C@H](O)[C@@H](O)[C@H]5O)[C@H](O)[C@H](O)[C@H]4O)cc3O2)cc1O. The number of phenols is 1. The highest BCUT2D eigenvalue weighted by atomic mass is 16.7. The average Bonchev–Trinajstić information content (AvgIpc) is 3.01. The second-order valence-corrected chi connectivity index (χ2v) is 10.8. The Balaban J connectivity index is 1.33. The third-order valence-corrected chi connectivity index (χ3v) is 7.91. The molecule has 3 aliphatic heterocycles. The van der Waals surface area contributed by atoms with Crippen LogP contribution >= 0.6 is 0 Å². The Kier molecular flexibility index (Phi) is 9.50. The van der Waals surface area contributed by atoms with Gasteiger partial charge < -0.3 is 68.9 Å². The number of ketones is 1. The Labute approximate surface area is 251 Å². The van der Waals surface area contributed by atoms with E-state index in [4.69, 9.17) is 33.2 Å². The number of ether oxygens (including phenoxy) is 7. The summed E-state index contributed by atoms with van der Waals surface area (Å²) in [6.45, 7) is 1.00. The van der Waals surface area contributed by atoms with Gasteiger partial charge in [0.25, 0.3) is 0 Å². The van der Waals surface area contributed by atoms with E-state index in [9.17, 15) is 40.5 Å². The molecule has 2 aromatic carbocycles. The molecule has 2 fully saturated rings. The minimum absolute atomic E-state index is 0.0240. The normalized spacial score (nSPS) is 35.4. The van der Waals surface area contributed by atoms with E-state index >= 15 is 0 Å².